The predicted molar refractivity (Wildman–Crippen MR) is 78.4 cm³/mol. The van der Waals surface area contributed by atoms with Crippen LogP contribution in [0.3, 0.4) is 0 Å². The molecule has 0 bridgehead atoms. The van der Waals surface area contributed by atoms with Crippen LogP contribution in [0, 0.1) is 3.57 Å². The van der Waals surface area contributed by atoms with E-state index in [2.05, 4.69) is 27.9 Å². The SMILES string of the molecule is CCOC(=O)/C=C/CNc1ccc(Cl)cc1I. The lowest BCUT2D eigenvalue weighted by atomic mass is 10.3. The van der Waals surface area contributed by atoms with E-state index >= 15 is 0 Å². The van der Waals surface area contributed by atoms with E-state index in [1.165, 1.54) is 6.08 Å². The fourth-order valence-electron chi connectivity index (χ4n) is 1.15. The van der Waals surface area contributed by atoms with Crippen molar-refractivity contribution in [3.05, 3.63) is 38.9 Å². The van der Waals surface area contributed by atoms with Gasteiger partial charge >= 0.3 is 5.97 Å². The molecular weight excluding hydrogens is 352 g/mol. The Hall–Kier alpha value is -0.750. The minimum atomic E-state index is -0.319. The molecule has 1 N–H and O–H groups in total. The zero-order valence-corrected chi connectivity index (χ0v) is 12.3. The number of esters is 1. The average Bonchev–Trinajstić information content (AvgIpc) is 2.27. The first-order chi connectivity index (χ1) is 8.13. The van der Waals surface area contributed by atoms with E-state index in [4.69, 9.17) is 16.3 Å². The van der Waals surface area contributed by atoms with Crippen molar-refractivity contribution >= 4 is 45.8 Å². The molecule has 0 amide bonds. The molecule has 0 aliphatic heterocycles. The normalized spacial score (nSPS) is 10.5. The van der Waals surface area contributed by atoms with Crippen LogP contribution in [-0.2, 0) is 9.53 Å². The first-order valence-electron chi connectivity index (χ1n) is 5.15. The number of nitrogens with one attached hydrogen (secondary N) is 1. The number of benzene rings is 1. The van der Waals surface area contributed by atoms with Gasteiger partial charge in [0.15, 0.2) is 0 Å². The minimum Gasteiger partial charge on any atom is -0.463 e. The number of anilines is 1. The fourth-order valence-corrected chi connectivity index (χ4v) is 2.21. The molecule has 0 atom stereocenters. The van der Waals surface area contributed by atoms with Crippen molar-refractivity contribution in [2.75, 3.05) is 18.5 Å². The first-order valence-corrected chi connectivity index (χ1v) is 6.61. The van der Waals surface area contributed by atoms with Gasteiger partial charge in [-0.3, -0.25) is 0 Å². The number of ether oxygens (including phenoxy) is 1. The zero-order chi connectivity index (χ0) is 12.7. The third kappa shape index (κ3) is 5.41. The van der Waals surface area contributed by atoms with E-state index in [0.29, 0.717) is 18.2 Å². The van der Waals surface area contributed by atoms with Gasteiger partial charge in [-0.05, 0) is 47.7 Å². The topological polar surface area (TPSA) is 38.3 Å². The molecule has 0 saturated carbocycles. The van der Waals surface area contributed by atoms with E-state index in [1.807, 2.05) is 18.2 Å². The molecule has 92 valence electrons. The van der Waals surface area contributed by atoms with Gasteiger partial charge < -0.3 is 10.1 Å². The smallest absolute Gasteiger partial charge is 0.330 e. The summed E-state index contributed by atoms with van der Waals surface area (Å²) in [6.07, 6.45) is 3.14. The molecule has 0 saturated heterocycles. The summed E-state index contributed by atoms with van der Waals surface area (Å²) in [4.78, 5) is 11.0. The number of carbonyl (C=O) groups excluding carboxylic acids is 1. The summed E-state index contributed by atoms with van der Waals surface area (Å²) in [5.41, 5.74) is 0.989. The molecule has 0 unspecified atom stereocenters. The third-order valence-electron chi connectivity index (χ3n) is 1.88. The monoisotopic (exact) mass is 365 g/mol. The maximum Gasteiger partial charge on any atom is 0.330 e. The lowest BCUT2D eigenvalue weighted by molar-refractivity contribution is -0.137. The molecule has 1 aromatic rings. The van der Waals surface area contributed by atoms with Crippen molar-refractivity contribution in [1.82, 2.24) is 0 Å². The van der Waals surface area contributed by atoms with Crippen LogP contribution in [0.2, 0.25) is 5.02 Å². The highest BCUT2D eigenvalue weighted by atomic mass is 127. The Balaban J connectivity index is 2.43. The van der Waals surface area contributed by atoms with Gasteiger partial charge in [-0.25, -0.2) is 4.79 Å². The van der Waals surface area contributed by atoms with Crippen LogP contribution in [-0.4, -0.2) is 19.1 Å². The predicted octanol–water partition coefficient (Wildman–Crippen LogP) is 3.48. The van der Waals surface area contributed by atoms with Crippen molar-refractivity contribution in [1.29, 1.82) is 0 Å². The Morgan fingerprint density at radius 3 is 3.00 bits per heavy atom. The van der Waals surface area contributed by atoms with E-state index in [9.17, 15) is 4.79 Å². The summed E-state index contributed by atoms with van der Waals surface area (Å²) in [6, 6.07) is 5.60. The second-order valence-electron chi connectivity index (χ2n) is 3.16. The quantitative estimate of drug-likeness (QED) is 0.493. The molecule has 0 aromatic heterocycles. The third-order valence-corrected chi connectivity index (χ3v) is 3.01. The van der Waals surface area contributed by atoms with Gasteiger partial charge in [-0.1, -0.05) is 17.7 Å². The van der Waals surface area contributed by atoms with Crippen LogP contribution >= 0.6 is 34.2 Å². The van der Waals surface area contributed by atoms with Crippen molar-refractivity contribution in [3.8, 4) is 0 Å². The Morgan fingerprint density at radius 1 is 1.59 bits per heavy atom. The number of carbonyl (C=O) groups is 1. The van der Waals surface area contributed by atoms with Crippen LogP contribution < -0.4 is 5.32 Å². The Bertz CT molecular complexity index is 421. The number of halogens is 2. The molecule has 0 spiro atoms. The van der Waals surface area contributed by atoms with E-state index in [1.54, 1.807) is 13.0 Å². The maximum atomic E-state index is 11.0. The van der Waals surface area contributed by atoms with Crippen LogP contribution in [0.1, 0.15) is 6.92 Å². The maximum absolute atomic E-state index is 11.0. The van der Waals surface area contributed by atoms with Crippen molar-refractivity contribution in [2.24, 2.45) is 0 Å². The van der Waals surface area contributed by atoms with Gasteiger partial charge in [0.05, 0.1) is 6.61 Å². The minimum absolute atomic E-state index is 0.319. The molecule has 1 aromatic carbocycles. The molecule has 0 aliphatic carbocycles. The molecular formula is C12H13ClINO2. The zero-order valence-electron chi connectivity index (χ0n) is 9.37. The molecule has 0 aliphatic rings. The van der Waals surface area contributed by atoms with Gasteiger partial charge in [-0.2, -0.15) is 0 Å². The van der Waals surface area contributed by atoms with Gasteiger partial charge in [0.25, 0.3) is 0 Å². The molecule has 0 fully saturated rings. The van der Waals surface area contributed by atoms with Gasteiger partial charge in [-0.15, -0.1) is 0 Å². The fraction of sp³-hybridized carbons (Fsp3) is 0.250. The molecule has 1 rings (SSSR count). The van der Waals surface area contributed by atoms with Crippen LogP contribution in [0.4, 0.5) is 5.69 Å². The second-order valence-corrected chi connectivity index (χ2v) is 4.76. The largest absolute Gasteiger partial charge is 0.463 e. The number of rotatable bonds is 5. The summed E-state index contributed by atoms with van der Waals surface area (Å²) in [7, 11) is 0. The summed E-state index contributed by atoms with van der Waals surface area (Å²) < 4.78 is 5.80. The molecule has 17 heavy (non-hydrogen) atoms. The van der Waals surface area contributed by atoms with Crippen LogP contribution in [0.15, 0.2) is 30.4 Å². The van der Waals surface area contributed by atoms with Crippen molar-refractivity contribution in [3.63, 3.8) is 0 Å². The second kappa shape index (κ2) is 7.55. The lowest BCUT2D eigenvalue weighted by Gasteiger charge is -2.06. The molecule has 3 nitrogen and oxygen atoms in total. The average molecular weight is 366 g/mol. The number of hydrogen-bond acceptors (Lipinski definition) is 3. The highest BCUT2D eigenvalue weighted by Gasteiger charge is 1.98. The number of hydrogen-bond donors (Lipinski definition) is 1. The van der Waals surface area contributed by atoms with Crippen molar-refractivity contribution in [2.45, 2.75) is 6.92 Å². The highest BCUT2D eigenvalue weighted by molar-refractivity contribution is 14.1. The van der Waals surface area contributed by atoms with E-state index in [-0.39, 0.29) is 5.97 Å². The van der Waals surface area contributed by atoms with E-state index in [0.717, 1.165) is 9.26 Å². The molecule has 5 heteroatoms. The van der Waals surface area contributed by atoms with E-state index < -0.39 is 0 Å². The van der Waals surface area contributed by atoms with Crippen molar-refractivity contribution < 1.29 is 9.53 Å². The first kappa shape index (κ1) is 14.3. The van der Waals surface area contributed by atoms with Crippen LogP contribution in [0.5, 0.6) is 0 Å². The Labute approximate surface area is 119 Å². The summed E-state index contributed by atoms with van der Waals surface area (Å²) >= 11 is 8.05. The van der Waals surface area contributed by atoms with Crippen LogP contribution in [0.25, 0.3) is 0 Å². The highest BCUT2D eigenvalue weighted by Crippen LogP contribution is 2.21. The molecule has 0 radical (unpaired) electrons. The Kier molecular flexibility index (Phi) is 6.36. The summed E-state index contributed by atoms with van der Waals surface area (Å²) in [5, 5.41) is 3.89. The summed E-state index contributed by atoms with van der Waals surface area (Å²) in [5.74, 6) is -0.319. The van der Waals surface area contributed by atoms with Gasteiger partial charge in [0.2, 0.25) is 0 Å². The lowest BCUT2D eigenvalue weighted by Crippen LogP contribution is -2.03. The molecule has 0 heterocycles. The Morgan fingerprint density at radius 2 is 2.35 bits per heavy atom. The summed E-state index contributed by atoms with van der Waals surface area (Å²) in [6.45, 7) is 2.74. The standard InChI is InChI=1S/C12H13ClINO2/c1-2-17-12(16)4-3-7-15-11-6-5-9(13)8-10(11)14/h3-6,8,15H,2,7H2,1H3/b4-3+. The van der Waals surface area contributed by atoms with Gasteiger partial charge in [0.1, 0.15) is 0 Å². The van der Waals surface area contributed by atoms with Gasteiger partial charge in [0, 0.05) is 26.9 Å².